The van der Waals surface area contributed by atoms with Crippen LogP contribution in [0.25, 0.3) is 0 Å². The third-order valence-electron chi connectivity index (χ3n) is 5.35. The van der Waals surface area contributed by atoms with Gasteiger partial charge in [-0.2, -0.15) is 8.42 Å². The number of rotatable bonds is 8. The third-order valence-corrected chi connectivity index (χ3v) is 6.58. The first-order chi connectivity index (χ1) is 14.6. The molecule has 3 rings (SSSR count). The number of anilines is 1. The Morgan fingerprint density at radius 2 is 1.87 bits per heavy atom. The van der Waals surface area contributed by atoms with E-state index in [0.717, 1.165) is 37.1 Å². The Labute approximate surface area is 192 Å². The lowest BCUT2D eigenvalue weighted by molar-refractivity contribution is -0.131. The Morgan fingerprint density at radius 3 is 2.52 bits per heavy atom. The van der Waals surface area contributed by atoms with Crippen molar-refractivity contribution in [2.75, 3.05) is 31.4 Å². The molecule has 10 heteroatoms. The van der Waals surface area contributed by atoms with Crippen molar-refractivity contribution < 1.29 is 17.8 Å². The zero-order valence-electron chi connectivity index (χ0n) is 17.1. The zero-order chi connectivity index (χ0) is 22.6. The smallest absolute Gasteiger partial charge is 0.337 e. The van der Waals surface area contributed by atoms with Crippen LogP contribution < -0.4 is 4.72 Å². The summed E-state index contributed by atoms with van der Waals surface area (Å²) in [5, 5.41) is 0.827. The minimum atomic E-state index is -4.39. The Bertz CT molecular complexity index is 1040. The van der Waals surface area contributed by atoms with Gasteiger partial charge in [-0.25, -0.2) is 0 Å². The average molecular weight is 486 g/mol. The zero-order valence-corrected chi connectivity index (χ0v) is 19.4. The molecule has 1 amide bonds. The van der Waals surface area contributed by atoms with Gasteiger partial charge in [0.1, 0.15) is 0 Å². The van der Waals surface area contributed by atoms with E-state index in [1.807, 2.05) is 6.07 Å². The molecular formula is C21H25Cl2N3O4S. The fraction of sp³-hybridized carbons (Fsp3) is 0.381. The molecule has 2 N–H and O–H groups in total. The van der Waals surface area contributed by atoms with Crippen LogP contribution in [0.2, 0.25) is 10.0 Å². The number of nitrogens with zero attached hydrogens (tertiary/aromatic N) is 2. The number of nitrogens with one attached hydrogen (secondary N) is 1. The molecule has 1 heterocycles. The van der Waals surface area contributed by atoms with E-state index < -0.39 is 10.3 Å². The molecule has 7 nitrogen and oxygen atoms in total. The number of carbonyl (C=O) groups is 1. The second kappa shape index (κ2) is 10.2. The number of halogens is 2. The largest absolute Gasteiger partial charge is 0.357 e. The number of hydrogen-bond donors (Lipinski definition) is 2. The first-order valence-corrected chi connectivity index (χ1v) is 12.1. The number of carbonyl (C=O) groups excluding carboxylic acids is 1. The molecule has 1 saturated heterocycles. The summed E-state index contributed by atoms with van der Waals surface area (Å²) in [7, 11) is -2.65. The normalized spacial score (nSPS) is 15.6. The summed E-state index contributed by atoms with van der Waals surface area (Å²) in [6.07, 6.45) is 2.38. The van der Waals surface area contributed by atoms with Crippen LogP contribution in [-0.2, 0) is 21.5 Å². The molecule has 2 aromatic rings. The highest BCUT2D eigenvalue weighted by molar-refractivity contribution is 7.87. The van der Waals surface area contributed by atoms with Gasteiger partial charge in [-0.3, -0.25) is 14.1 Å². The van der Waals surface area contributed by atoms with E-state index in [1.54, 1.807) is 48.3 Å². The summed E-state index contributed by atoms with van der Waals surface area (Å²) >= 11 is 12.0. The van der Waals surface area contributed by atoms with Crippen molar-refractivity contribution in [2.24, 2.45) is 0 Å². The molecule has 2 aromatic carbocycles. The van der Waals surface area contributed by atoms with Gasteiger partial charge in [-0.05, 0) is 61.3 Å². The monoisotopic (exact) mass is 485 g/mol. The minimum Gasteiger partial charge on any atom is -0.337 e. The summed E-state index contributed by atoms with van der Waals surface area (Å²) in [6.45, 7) is 2.53. The van der Waals surface area contributed by atoms with E-state index >= 15 is 0 Å². The van der Waals surface area contributed by atoms with Gasteiger partial charge in [0.05, 0.1) is 28.2 Å². The van der Waals surface area contributed by atoms with Gasteiger partial charge in [-0.1, -0.05) is 41.4 Å². The summed E-state index contributed by atoms with van der Waals surface area (Å²) in [5.41, 5.74) is 1.76. The van der Waals surface area contributed by atoms with E-state index in [-0.39, 0.29) is 24.1 Å². The van der Waals surface area contributed by atoms with Crippen LogP contribution in [0.15, 0.2) is 42.5 Å². The molecule has 0 saturated carbocycles. The molecule has 0 aliphatic carbocycles. The Kier molecular flexibility index (Phi) is 7.82. The van der Waals surface area contributed by atoms with Gasteiger partial charge in [0.15, 0.2) is 0 Å². The number of amides is 1. The number of likely N-dealkylation sites (N-methyl/N-ethyl adjacent to an activating group) is 1. The Balaban J connectivity index is 1.84. The van der Waals surface area contributed by atoms with Crippen LogP contribution >= 0.6 is 23.2 Å². The average Bonchev–Trinajstić information content (AvgIpc) is 3.20. The van der Waals surface area contributed by atoms with Crippen molar-refractivity contribution in [1.29, 1.82) is 0 Å². The molecule has 1 atom stereocenters. The summed E-state index contributed by atoms with van der Waals surface area (Å²) < 4.78 is 33.6. The standard InChI is InChI=1S/C21H25Cl2N3O4S/c1-25(21(27)12-15-7-8-18(22)19(23)11-15)20(14-26-9-2-3-10-26)16-5-4-6-17(13-16)24-31(28,29)30/h4-8,11,13,20,24H,2-3,9-10,12,14H2,1H3,(H,28,29,30)/t20-/m0/s1. The van der Waals surface area contributed by atoms with E-state index in [9.17, 15) is 13.2 Å². The topological polar surface area (TPSA) is 90.0 Å². The van der Waals surface area contributed by atoms with Gasteiger partial charge >= 0.3 is 10.3 Å². The van der Waals surface area contributed by atoms with Crippen molar-refractivity contribution in [3.8, 4) is 0 Å². The second-order valence-electron chi connectivity index (χ2n) is 7.66. The van der Waals surface area contributed by atoms with E-state index in [2.05, 4.69) is 9.62 Å². The minimum absolute atomic E-state index is 0.101. The van der Waals surface area contributed by atoms with Gasteiger partial charge in [0, 0.05) is 13.6 Å². The molecule has 1 fully saturated rings. The Morgan fingerprint density at radius 1 is 1.16 bits per heavy atom. The van der Waals surface area contributed by atoms with Gasteiger partial charge in [-0.15, -0.1) is 0 Å². The summed E-state index contributed by atoms with van der Waals surface area (Å²) in [6, 6.07) is 11.5. The van der Waals surface area contributed by atoms with Crippen LogP contribution in [0.5, 0.6) is 0 Å². The molecule has 0 bridgehead atoms. The van der Waals surface area contributed by atoms with E-state index in [4.69, 9.17) is 27.8 Å². The first-order valence-electron chi connectivity index (χ1n) is 9.89. The first kappa shape index (κ1) is 23.8. The summed E-state index contributed by atoms with van der Waals surface area (Å²) in [4.78, 5) is 17.1. The van der Waals surface area contributed by atoms with Crippen LogP contribution in [0.4, 0.5) is 5.69 Å². The lowest BCUT2D eigenvalue weighted by Gasteiger charge is -2.32. The maximum atomic E-state index is 13.1. The molecule has 1 aliphatic heterocycles. The van der Waals surface area contributed by atoms with E-state index in [0.29, 0.717) is 16.6 Å². The highest BCUT2D eigenvalue weighted by Gasteiger charge is 2.26. The molecule has 0 aromatic heterocycles. The van der Waals surface area contributed by atoms with Crippen molar-refractivity contribution in [3.63, 3.8) is 0 Å². The molecule has 31 heavy (non-hydrogen) atoms. The fourth-order valence-corrected chi connectivity index (χ4v) is 4.49. The lowest BCUT2D eigenvalue weighted by atomic mass is 10.0. The molecule has 0 radical (unpaired) electrons. The SMILES string of the molecule is CN(C(=O)Cc1ccc(Cl)c(Cl)c1)[C@@H](CN1CCCC1)c1cccc(NS(=O)(=O)O)c1. The van der Waals surface area contributed by atoms with E-state index in [1.165, 1.54) is 0 Å². The predicted octanol–water partition coefficient (Wildman–Crippen LogP) is 4.05. The Hall–Kier alpha value is -1.84. The van der Waals surface area contributed by atoms with Gasteiger partial charge in [0.25, 0.3) is 0 Å². The molecule has 168 valence electrons. The third kappa shape index (κ3) is 6.82. The fourth-order valence-electron chi connectivity index (χ4n) is 3.74. The molecule has 0 spiro atoms. The molecule has 1 aliphatic rings. The highest BCUT2D eigenvalue weighted by Crippen LogP contribution is 2.27. The molecular weight excluding hydrogens is 461 g/mol. The predicted molar refractivity (Wildman–Crippen MR) is 123 cm³/mol. The summed E-state index contributed by atoms with van der Waals surface area (Å²) in [5.74, 6) is -0.101. The van der Waals surface area contributed by atoms with Crippen LogP contribution in [0.3, 0.4) is 0 Å². The van der Waals surface area contributed by atoms with Crippen LogP contribution in [0, 0.1) is 0 Å². The van der Waals surface area contributed by atoms with Crippen LogP contribution in [0.1, 0.15) is 30.0 Å². The second-order valence-corrected chi connectivity index (χ2v) is 9.62. The van der Waals surface area contributed by atoms with Gasteiger partial charge < -0.3 is 9.80 Å². The van der Waals surface area contributed by atoms with Crippen molar-refractivity contribution >= 4 is 45.1 Å². The maximum Gasteiger partial charge on any atom is 0.357 e. The van der Waals surface area contributed by atoms with Crippen molar-refractivity contribution in [1.82, 2.24) is 9.80 Å². The lowest BCUT2D eigenvalue weighted by Crippen LogP contribution is -2.39. The van der Waals surface area contributed by atoms with Crippen molar-refractivity contribution in [2.45, 2.75) is 25.3 Å². The highest BCUT2D eigenvalue weighted by atomic mass is 35.5. The molecule has 0 unspecified atom stereocenters. The van der Waals surface area contributed by atoms with Crippen LogP contribution in [-0.4, -0.2) is 55.4 Å². The number of benzene rings is 2. The quantitative estimate of drug-likeness (QED) is 0.550. The maximum absolute atomic E-state index is 13.1. The van der Waals surface area contributed by atoms with Gasteiger partial charge in [0.2, 0.25) is 5.91 Å². The number of hydrogen-bond acceptors (Lipinski definition) is 4. The number of likely N-dealkylation sites (tertiary alicyclic amines) is 1. The van der Waals surface area contributed by atoms with Crippen molar-refractivity contribution in [3.05, 3.63) is 63.6 Å².